The molecule has 0 atom stereocenters. The average molecular weight is 384 g/mol. The van der Waals surface area contributed by atoms with Gasteiger partial charge in [0.25, 0.3) is 5.91 Å². The summed E-state index contributed by atoms with van der Waals surface area (Å²) in [6, 6.07) is 14.7. The van der Waals surface area contributed by atoms with Crippen molar-refractivity contribution in [3.8, 4) is 5.69 Å². The largest absolute Gasteiger partial charge is 0.380 e. The molecule has 5 rings (SSSR count). The van der Waals surface area contributed by atoms with Crippen LogP contribution in [0.1, 0.15) is 16.2 Å². The lowest BCUT2D eigenvalue weighted by molar-refractivity contribution is 0.101. The maximum atomic E-state index is 13.0. The van der Waals surface area contributed by atoms with Crippen LogP contribution in [0, 0.1) is 6.92 Å². The molecule has 0 fully saturated rings. The van der Waals surface area contributed by atoms with Gasteiger partial charge in [-0.15, -0.1) is 0 Å². The predicted octanol–water partition coefficient (Wildman–Crippen LogP) is 3.70. The van der Waals surface area contributed by atoms with Crippen LogP contribution in [0.3, 0.4) is 0 Å². The fraction of sp³-hybridized carbons (Fsp3) is 0.0476. The molecule has 3 N–H and O–H groups in total. The topological polar surface area (TPSA) is 112 Å². The second-order valence-corrected chi connectivity index (χ2v) is 6.72. The fourth-order valence-corrected chi connectivity index (χ4v) is 3.29. The summed E-state index contributed by atoms with van der Waals surface area (Å²) in [4.78, 5) is 17.1. The summed E-state index contributed by atoms with van der Waals surface area (Å²) in [5.41, 5.74) is 8.92. The number of aryl methyl sites for hydroxylation is 1. The van der Waals surface area contributed by atoms with Crippen LogP contribution in [0.5, 0.6) is 0 Å². The first-order valence-corrected chi connectivity index (χ1v) is 8.95. The molecule has 8 nitrogen and oxygen atoms in total. The molecule has 0 aliphatic heterocycles. The Hall–Kier alpha value is -4.20. The van der Waals surface area contributed by atoms with E-state index in [1.165, 1.54) is 0 Å². The Morgan fingerprint density at radius 3 is 2.90 bits per heavy atom. The minimum Gasteiger partial charge on any atom is -0.380 e. The van der Waals surface area contributed by atoms with Crippen molar-refractivity contribution in [2.75, 3.05) is 11.1 Å². The number of carbonyl (C=O) groups is 1. The van der Waals surface area contributed by atoms with Crippen LogP contribution < -0.4 is 11.1 Å². The lowest BCUT2D eigenvalue weighted by Gasteiger charge is -2.09. The molecule has 0 bridgehead atoms. The summed E-state index contributed by atoms with van der Waals surface area (Å²) >= 11 is 0. The minimum absolute atomic E-state index is 0.271. The average Bonchev–Trinajstić information content (AvgIpc) is 3.30. The van der Waals surface area contributed by atoms with Crippen molar-refractivity contribution in [2.24, 2.45) is 0 Å². The number of benzene rings is 2. The van der Waals surface area contributed by atoms with Crippen molar-refractivity contribution >= 4 is 39.2 Å². The Bertz CT molecular complexity index is 1380. The third-order valence-corrected chi connectivity index (χ3v) is 4.69. The number of hydrogen-bond acceptors (Lipinski definition) is 6. The summed E-state index contributed by atoms with van der Waals surface area (Å²) in [6.07, 6.45) is 3.50. The molecule has 2 aromatic carbocycles. The van der Waals surface area contributed by atoms with Gasteiger partial charge in [-0.3, -0.25) is 9.78 Å². The number of rotatable bonds is 3. The van der Waals surface area contributed by atoms with Crippen LogP contribution in [-0.2, 0) is 0 Å². The van der Waals surface area contributed by atoms with Gasteiger partial charge in [0.15, 0.2) is 11.4 Å². The molecular formula is C21H16N6O2. The Morgan fingerprint density at radius 1 is 1.10 bits per heavy atom. The van der Waals surface area contributed by atoms with Gasteiger partial charge in [-0.05, 0) is 54.8 Å². The second-order valence-electron chi connectivity index (χ2n) is 6.72. The molecule has 0 saturated heterocycles. The normalized spacial score (nSPS) is 11.2. The molecule has 0 spiro atoms. The molecule has 0 unspecified atom stereocenters. The zero-order valence-corrected chi connectivity index (χ0v) is 15.5. The molecule has 8 heteroatoms. The smallest absolute Gasteiger partial charge is 0.274 e. The summed E-state index contributed by atoms with van der Waals surface area (Å²) in [5.74, 6) is 0.0220. The first kappa shape index (κ1) is 16.9. The van der Waals surface area contributed by atoms with Gasteiger partial charge in [-0.1, -0.05) is 11.2 Å². The number of fused-ring (bicyclic) bond motifs is 2. The van der Waals surface area contributed by atoms with E-state index in [0.29, 0.717) is 33.9 Å². The van der Waals surface area contributed by atoms with Crippen molar-refractivity contribution in [1.82, 2.24) is 19.9 Å². The van der Waals surface area contributed by atoms with Gasteiger partial charge in [0.2, 0.25) is 0 Å². The van der Waals surface area contributed by atoms with Gasteiger partial charge in [-0.2, -0.15) is 5.10 Å². The van der Waals surface area contributed by atoms with Gasteiger partial charge in [-0.25, -0.2) is 4.68 Å². The molecule has 3 aromatic heterocycles. The lowest BCUT2D eigenvalue weighted by atomic mass is 10.1. The Balaban J connectivity index is 1.51. The number of anilines is 2. The molecule has 0 aliphatic carbocycles. The molecule has 0 aliphatic rings. The second kappa shape index (κ2) is 6.45. The van der Waals surface area contributed by atoms with E-state index in [9.17, 15) is 4.79 Å². The molecule has 142 valence electrons. The highest BCUT2D eigenvalue weighted by Gasteiger charge is 2.17. The van der Waals surface area contributed by atoms with Crippen LogP contribution in [0.25, 0.3) is 27.4 Å². The predicted molar refractivity (Wildman–Crippen MR) is 110 cm³/mol. The number of nitrogens with zero attached hydrogens (tertiary/aromatic N) is 4. The van der Waals surface area contributed by atoms with Gasteiger partial charge in [0.1, 0.15) is 5.69 Å². The lowest BCUT2D eigenvalue weighted by Crippen LogP contribution is -2.17. The number of hydrogen-bond donors (Lipinski definition) is 2. The van der Waals surface area contributed by atoms with Crippen LogP contribution in [-0.4, -0.2) is 25.8 Å². The quantitative estimate of drug-likeness (QED) is 0.490. The zero-order chi connectivity index (χ0) is 20.0. The van der Waals surface area contributed by atoms with E-state index in [1.54, 1.807) is 41.3 Å². The molecule has 0 saturated carbocycles. The first-order chi connectivity index (χ1) is 14.1. The van der Waals surface area contributed by atoms with Crippen molar-refractivity contribution in [3.63, 3.8) is 0 Å². The van der Waals surface area contributed by atoms with E-state index in [0.717, 1.165) is 16.5 Å². The Morgan fingerprint density at radius 2 is 2.00 bits per heavy atom. The van der Waals surface area contributed by atoms with Gasteiger partial charge in [0.05, 0.1) is 16.8 Å². The number of carbonyl (C=O) groups excluding carboxylic acids is 1. The zero-order valence-electron chi connectivity index (χ0n) is 15.5. The summed E-state index contributed by atoms with van der Waals surface area (Å²) in [7, 11) is 0. The van der Waals surface area contributed by atoms with Crippen LogP contribution >= 0.6 is 0 Å². The van der Waals surface area contributed by atoms with Crippen molar-refractivity contribution in [3.05, 3.63) is 72.3 Å². The number of nitrogens with one attached hydrogen (secondary N) is 1. The van der Waals surface area contributed by atoms with Crippen molar-refractivity contribution < 1.29 is 9.32 Å². The SMILES string of the molecule is Cc1cc(C(=O)Nc2ccc3ccncc3c2)n(-c2ccc3onc(N)c3c2)n1. The highest BCUT2D eigenvalue weighted by Crippen LogP contribution is 2.25. The standard InChI is InChI=1S/C21H16N6O2/c1-12-8-18(21(28)24-15-3-2-13-6-7-23-11-14(13)9-15)27(25-12)16-4-5-19-17(10-16)20(22)26-29-19/h2-11H,1H3,(H2,22,26)(H,24,28). The summed E-state index contributed by atoms with van der Waals surface area (Å²) in [6.45, 7) is 1.83. The molecule has 3 heterocycles. The highest BCUT2D eigenvalue weighted by molar-refractivity contribution is 6.04. The number of nitrogen functional groups attached to an aromatic ring is 1. The van der Waals surface area contributed by atoms with E-state index in [2.05, 4.69) is 20.6 Å². The Kier molecular flexibility index (Phi) is 3.77. The molecule has 0 radical (unpaired) electrons. The maximum absolute atomic E-state index is 13.0. The maximum Gasteiger partial charge on any atom is 0.274 e. The third-order valence-electron chi connectivity index (χ3n) is 4.69. The molecule has 5 aromatic rings. The molecular weight excluding hydrogens is 368 g/mol. The van der Waals surface area contributed by atoms with Crippen LogP contribution in [0.15, 0.2) is 65.4 Å². The van der Waals surface area contributed by atoms with E-state index in [1.807, 2.05) is 31.2 Å². The summed E-state index contributed by atoms with van der Waals surface area (Å²) < 4.78 is 6.73. The first-order valence-electron chi connectivity index (χ1n) is 8.95. The number of aromatic nitrogens is 4. The highest BCUT2D eigenvalue weighted by atomic mass is 16.5. The molecule has 1 amide bonds. The number of nitrogens with two attached hydrogens (primary N) is 1. The van der Waals surface area contributed by atoms with Crippen LogP contribution in [0.2, 0.25) is 0 Å². The van der Waals surface area contributed by atoms with E-state index < -0.39 is 0 Å². The van der Waals surface area contributed by atoms with E-state index >= 15 is 0 Å². The van der Waals surface area contributed by atoms with E-state index in [-0.39, 0.29) is 5.91 Å². The summed E-state index contributed by atoms with van der Waals surface area (Å²) in [5, 5.41) is 13.8. The Labute approximate surface area is 164 Å². The van der Waals surface area contributed by atoms with Gasteiger partial charge < -0.3 is 15.6 Å². The van der Waals surface area contributed by atoms with Crippen LogP contribution in [0.4, 0.5) is 11.5 Å². The monoisotopic (exact) mass is 384 g/mol. The van der Waals surface area contributed by atoms with Crippen molar-refractivity contribution in [1.29, 1.82) is 0 Å². The number of amides is 1. The van der Waals surface area contributed by atoms with Gasteiger partial charge in [0, 0.05) is 23.5 Å². The van der Waals surface area contributed by atoms with Crippen molar-refractivity contribution in [2.45, 2.75) is 6.92 Å². The van der Waals surface area contributed by atoms with Gasteiger partial charge >= 0.3 is 0 Å². The third kappa shape index (κ3) is 2.96. The number of pyridine rings is 1. The fourth-order valence-electron chi connectivity index (χ4n) is 3.29. The minimum atomic E-state index is -0.271. The molecule has 29 heavy (non-hydrogen) atoms. The van der Waals surface area contributed by atoms with E-state index in [4.69, 9.17) is 10.3 Å².